The van der Waals surface area contributed by atoms with Gasteiger partial charge in [-0.05, 0) is 56.0 Å². The van der Waals surface area contributed by atoms with Gasteiger partial charge < -0.3 is 24.2 Å². The molecule has 8 heteroatoms. The molecule has 0 spiro atoms. The van der Waals surface area contributed by atoms with Crippen LogP contribution < -0.4 is 10.9 Å². The Balaban J connectivity index is 1.34. The molecule has 0 aliphatic carbocycles. The third-order valence-corrected chi connectivity index (χ3v) is 6.92. The summed E-state index contributed by atoms with van der Waals surface area (Å²) in [7, 11) is 0. The number of furan rings is 1. The number of aromatic amines is 1. The number of carbonyl (C=O) groups is 2. The summed E-state index contributed by atoms with van der Waals surface area (Å²) >= 11 is 0. The van der Waals surface area contributed by atoms with Crippen LogP contribution in [0.2, 0.25) is 0 Å². The van der Waals surface area contributed by atoms with Crippen LogP contribution in [0, 0.1) is 20.8 Å². The van der Waals surface area contributed by atoms with Crippen molar-refractivity contribution in [2.24, 2.45) is 0 Å². The first kappa shape index (κ1) is 23.4. The maximum absolute atomic E-state index is 12.7. The first-order valence-corrected chi connectivity index (χ1v) is 11.8. The van der Waals surface area contributed by atoms with Crippen molar-refractivity contribution >= 4 is 44.7 Å². The van der Waals surface area contributed by atoms with Crippen LogP contribution in [-0.2, 0) is 22.4 Å². The Kier molecular flexibility index (Phi) is 5.88. The maximum Gasteiger partial charge on any atom is 0.339 e. The second-order valence-electron chi connectivity index (χ2n) is 9.14. The lowest BCUT2D eigenvalue weighted by Gasteiger charge is -2.14. The van der Waals surface area contributed by atoms with Crippen LogP contribution in [0.15, 0.2) is 56.2 Å². The third kappa shape index (κ3) is 4.15. The Bertz CT molecular complexity index is 1700. The molecule has 1 amide bonds. The van der Waals surface area contributed by atoms with Gasteiger partial charge in [-0.25, -0.2) is 9.59 Å². The Morgan fingerprint density at radius 2 is 1.72 bits per heavy atom. The minimum atomic E-state index is -1.12. The average Bonchev–Trinajstić information content (AvgIpc) is 3.37. The molecule has 0 fully saturated rings. The summed E-state index contributed by atoms with van der Waals surface area (Å²) in [6, 6.07) is 10.2. The zero-order chi connectivity index (χ0) is 25.6. The van der Waals surface area contributed by atoms with Gasteiger partial charge in [-0.15, -0.1) is 0 Å². The van der Waals surface area contributed by atoms with E-state index in [1.807, 2.05) is 51.1 Å². The molecule has 5 aromatic rings. The maximum atomic E-state index is 12.7. The number of aryl methyl sites for hydroxylation is 3. The second kappa shape index (κ2) is 9.03. The van der Waals surface area contributed by atoms with E-state index in [4.69, 9.17) is 8.83 Å². The van der Waals surface area contributed by atoms with Gasteiger partial charge >= 0.3 is 11.6 Å². The number of nitrogens with one attached hydrogen (secondary N) is 2. The highest BCUT2D eigenvalue weighted by molar-refractivity contribution is 5.97. The molecule has 8 nitrogen and oxygen atoms in total. The number of aromatic nitrogens is 1. The molecular weight excluding hydrogens is 460 g/mol. The summed E-state index contributed by atoms with van der Waals surface area (Å²) in [5.41, 5.74) is 4.44. The molecule has 0 aliphatic rings. The van der Waals surface area contributed by atoms with Crippen molar-refractivity contribution in [3.8, 4) is 0 Å². The molecule has 0 radical (unpaired) electrons. The van der Waals surface area contributed by atoms with E-state index in [0.29, 0.717) is 16.7 Å². The number of H-pyrrole nitrogens is 1. The smallest absolute Gasteiger partial charge is 0.339 e. The first-order valence-electron chi connectivity index (χ1n) is 11.8. The normalized spacial score (nSPS) is 12.4. The standard InChI is InChI=1S/C28H26N2O6/c1-14-16(3)35-24-12-25-21(11-20(14)24)15(2)18(28(34)36-25)8-9-26(31)30-23(27(32)33)10-17-13-29-22-7-5-4-6-19(17)22/h4-7,11-13,23,29H,8-10H2,1-3H3,(H,30,31)(H,32,33). The number of hydrogen-bond acceptors (Lipinski definition) is 5. The number of carbonyl (C=O) groups excluding carboxylic acids is 1. The number of aliphatic carboxylic acids is 1. The second-order valence-corrected chi connectivity index (χ2v) is 9.14. The molecule has 0 saturated heterocycles. The Labute approximate surface area is 205 Å². The Morgan fingerprint density at radius 1 is 1.00 bits per heavy atom. The molecule has 36 heavy (non-hydrogen) atoms. The Hall–Kier alpha value is -4.33. The summed E-state index contributed by atoms with van der Waals surface area (Å²) in [4.78, 5) is 40.4. The van der Waals surface area contributed by atoms with Gasteiger partial charge in [-0.3, -0.25) is 4.79 Å². The van der Waals surface area contributed by atoms with Crippen molar-refractivity contribution in [1.82, 2.24) is 10.3 Å². The molecule has 1 unspecified atom stereocenters. The lowest BCUT2D eigenvalue weighted by molar-refractivity contribution is -0.141. The molecule has 5 rings (SSSR count). The predicted octanol–water partition coefficient (Wildman–Crippen LogP) is 4.69. The summed E-state index contributed by atoms with van der Waals surface area (Å²) in [5.74, 6) is -0.763. The third-order valence-electron chi connectivity index (χ3n) is 6.92. The monoisotopic (exact) mass is 486 g/mol. The molecule has 0 saturated carbocycles. The van der Waals surface area contributed by atoms with E-state index < -0.39 is 23.5 Å². The zero-order valence-corrected chi connectivity index (χ0v) is 20.2. The molecule has 0 aliphatic heterocycles. The van der Waals surface area contributed by atoms with Crippen molar-refractivity contribution in [3.63, 3.8) is 0 Å². The van der Waals surface area contributed by atoms with Crippen molar-refractivity contribution in [1.29, 1.82) is 0 Å². The van der Waals surface area contributed by atoms with Gasteiger partial charge in [0, 0.05) is 52.3 Å². The molecule has 3 N–H and O–H groups in total. The average molecular weight is 487 g/mol. The molecule has 1 atom stereocenters. The van der Waals surface area contributed by atoms with Gasteiger partial charge in [-0.2, -0.15) is 0 Å². The Morgan fingerprint density at radius 3 is 2.50 bits per heavy atom. The van der Waals surface area contributed by atoms with Crippen LogP contribution in [0.3, 0.4) is 0 Å². The van der Waals surface area contributed by atoms with Gasteiger partial charge in [0.1, 0.15) is 23.0 Å². The van der Waals surface area contributed by atoms with Crippen molar-refractivity contribution < 1.29 is 23.5 Å². The zero-order valence-electron chi connectivity index (χ0n) is 20.2. The quantitative estimate of drug-likeness (QED) is 0.287. The van der Waals surface area contributed by atoms with E-state index in [2.05, 4.69) is 10.3 Å². The van der Waals surface area contributed by atoms with Gasteiger partial charge in [0.25, 0.3) is 0 Å². The van der Waals surface area contributed by atoms with Gasteiger partial charge in [0.15, 0.2) is 0 Å². The van der Waals surface area contributed by atoms with Crippen molar-refractivity contribution in [2.45, 2.75) is 46.1 Å². The van der Waals surface area contributed by atoms with Crippen LogP contribution >= 0.6 is 0 Å². The summed E-state index contributed by atoms with van der Waals surface area (Å²) in [6.45, 7) is 5.69. The molecular formula is C28H26N2O6. The number of para-hydroxylation sites is 1. The minimum Gasteiger partial charge on any atom is -0.480 e. The number of hydrogen-bond donors (Lipinski definition) is 3. The predicted molar refractivity (Wildman–Crippen MR) is 136 cm³/mol. The lowest BCUT2D eigenvalue weighted by Crippen LogP contribution is -2.42. The fraction of sp³-hybridized carbons (Fsp3) is 0.250. The van der Waals surface area contributed by atoms with E-state index in [-0.39, 0.29) is 19.3 Å². The van der Waals surface area contributed by atoms with Crippen LogP contribution in [-0.4, -0.2) is 28.0 Å². The van der Waals surface area contributed by atoms with Crippen LogP contribution in [0.25, 0.3) is 32.8 Å². The van der Waals surface area contributed by atoms with Crippen LogP contribution in [0.4, 0.5) is 0 Å². The van der Waals surface area contributed by atoms with Crippen molar-refractivity contribution in [2.75, 3.05) is 0 Å². The van der Waals surface area contributed by atoms with Crippen LogP contribution in [0.5, 0.6) is 0 Å². The fourth-order valence-electron chi connectivity index (χ4n) is 4.74. The van der Waals surface area contributed by atoms with Crippen LogP contribution in [0.1, 0.15) is 34.4 Å². The van der Waals surface area contributed by atoms with Gasteiger partial charge in [0.2, 0.25) is 5.91 Å². The number of carboxylic acids is 1. The van der Waals surface area contributed by atoms with E-state index in [1.54, 1.807) is 12.3 Å². The SMILES string of the molecule is Cc1oc2cc3oc(=O)c(CCC(=O)NC(Cc4c[nH]c5ccccc45)C(=O)O)c(C)c3cc2c1C. The highest BCUT2D eigenvalue weighted by atomic mass is 16.4. The number of rotatable bonds is 7. The largest absolute Gasteiger partial charge is 0.480 e. The highest BCUT2D eigenvalue weighted by Crippen LogP contribution is 2.31. The van der Waals surface area contributed by atoms with Gasteiger partial charge in [0.05, 0.1) is 0 Å². The molecule has 3 aromatic heterocycles. The van der Waals surface area contributed by atoms with E-state index in [0.717, 1.165) is 44.1 Å². The van der Waals surface area contributed by atoms with E-state index >= 15 is 0 Å². The number of carboxylic acid groups (broad SMARTS) is 1. The summed E-state index contributed by atoms with van der Waals surface area (Å²) in [6.07, 6.45) is 2.00. The molecule has 184 valence electrons. The molecule has 2 aromatic carbocycles. The lowest BCUT2D eigenvalue weighted by atomic mass is 10.00. The molecule has 0 bridgehead atoms. The van der Waals surface area contributed by atoms with E-state index in [9.17, 15) is 19.5 Å². The van der Waals surface area contributed by atoms with Gasteiger partial charge in [-0.1, -0.05) is 18.2 Å². The summed E-state index contributed by atoms with van der Waals surface area (Å²) < 4.78 is 11.3. The first-order chi connectivity index (χ1) is 17.2. The summed E-state index contributed by atoms with van der Waals surface area (Å²) in [5, 5.41) is 14.9. The minimum absolute atomic E-state index is 0.0408. The fourth-order valence-corrected chi connectivity index (χ4v) is 4.74. The number of benzene rings is 2. The van der Waals surface area contributed by atoms with E-state index in [1.165, 1.54) is 0 Å². The molecule has 3 heterocycles. The highest BCUT2D eigenvalue weighted by Gasteiger charge is 2.23. The topological polar surface area (TPSA) is 126 Å². The number of fused-ring (bicyclic) bond motifs is 3. The number of amides is 1. The van der Waals surface area contributed by atoms with Crippen molar-refractivity contribution in [3.05, 3.63) is 81.0 Å².